The molecule has 3 aliphatic rings. The van der Waals surface area contributed by atoms with Crippen molar-refractivity contribution >= 4 is 73.4 Å². The van der Waals surface area contributed by atoms with Gasteiger partial charge in [0.25, 0.3) is 5.91 Å². The number of piperazine rings is 1. The summed E-state index contributed by atoms with van der Waals surface area (Å²) in [5.74, 6) is -1.52. The molecule has 0 unspecified atom stereocenters. The number of aryl methyl sites for hydroxylation is 2. The van der Waals surface area contributed by atoms with Crippen molar-refractivity contribution in [1.82, 2.24) is 40.3 Å². The van der Waals surface area contributed by atoms with Crippen LogP contribution in [0.15, 0.2) is 60.2 Å². The van der Waals surface area contributed by atoms with Gasteiger partial charge >= 0.3 is 6.09 Å². The van der Waals surface area contributed by atoms with E-state index >= 15 is 0 Å². The molecule has 0 spiro atoms. The summed E-state index contributed by atoms with van der Waals surface area (Å²) in [5, 5.41) is 22.6. The number of β-amino-alcohol motifs (C(OH)–C–C–N with tert-alkyl or cyclic N) is 1. The van der Waals surface area contributed by atoms with Crippen molar-refractivity contribution in [1.29, 1.82) is 0 Å². The van der Waals surface area contributed by atoms with Crippen LogP contribution in [0, 0.1) is 19.3 Å². The molecule has 5 aromatic rings. The van der Waals surface area contributed by atoms with Crippen LogP contribution in [0.25, 0.3) is 31.8 Å². The van der Waals surface area contributed by atoms with Gasteiger partial charge in [-0.25, -0.2) is 14.8 Å². The van der Waals surface area contributed by atoms with Gasteiger partial charge in [-0.1, -0.05) is 68.9 Å². The van der Waals surface area contributed by atoms with E-state index in [9.17, 15) is 29.1 Å². The highest BCUT2D eigenvalue weighted by molar-refractivity contribution is 7.22. The van der Waals surface area contributed by atoms with Gasteiger partial charge < -0.3 is 34.9 Å². The normalized spacial score (nSPS) is 18.2. The van der Waals surface area contributed by atoms with Crippen LogP contribution in [0.4, 0.5) is 15.6 Å². The van der Waals surface area contributed by atoms with Gasteiger partial charge in [-0.2, -0.15) is 0 Å². The Bertz CT molecular complexity index is 2770. The maximum absolute atomic E-state index is 14.0. The van der Waals surface area contributed by atoms with Crippen LogP contribution in [0.1, 0.15) is 76.2 Å². The number of benzene rings is 2. The molecule has 5 heterocycles. The molecule has 402 valence electrons. The number of pyridine rings is 1. The van der Waals surface area contributed by atoms with Gasteiger partial charge in [0.1, 0.15) is 31.4 Å². The molecule has 3 fully saturated rings. The van der Waals surface area contributed by atoms with Crippen LogP contribution in [0.5, 0.6) is 0 Å². The van der Waals surface area contributed by atoms with Crippen molar-refractivity contribution in [2.24, 2.45) is 5.41 Å². The molecule has 5 N–H and O–H groups in total. The van der Waals surface area contributed by atoms with Crippen molar-refractivity contribution in [3.05, 3.63) is 77.2 Å². The molecule has 2 aliphatic heterocycles. The van der Waals surface area contributed by atoms with Gasteiger partial charge in [0.05, 0.1) is 57.0 Å². The number of anilines is 2. The number of fused-ring (bicyclic) bond motifs is 1. The number of nitrogens with zero attached hydrogens (tertiary/aromatic N) is 6. The van der Waals surface area contributed by atoms with Crippen LogP contribution < -0.4 is 21.3 Å². The predicted molar refractivity (Wildman–Crippen MR) is 289 cm³/mol. The smallest absolute Gasteiger partial charge is 0.411 e. The molecule has 2 saturated heterocycles. The molecule has 1 aliphatic carbocycles. The standard InChI is InChI=1S/C54H70N10O9S2/c1-34-43(59-53(70)73-41-9-7-6-8-10-41)25-39(29-55-34)38-15-16-42-45(26-38)75-52(58-42)61-47(67)32-72-24-22-63-19-17-62(18-20-63)21-23-71-31-46(66)60-49(54(3,4)5)51(69)64-30-40(65)27-44(64)50(68)56-28-36-11-13-37(14-12-36)48-35(2)57-33-74-48/h11-16,25-26,29,33,40-41,44,49,65H,6-10,17-24,27-28,30-32H2,1-5H3,(H,56,68)(H,59,70)(H,60,66)(H,58,61,67)/t40-,44+,49-/m1/s1. The van der Waals surface area contributed by atoms with Crippen molar-refractivity contribution in [2.45, 2.75) is 104 Å². The van der Waals surface area contributed by atoms with Gasteiger partial charge in [0, 0.05) is 70.5 Å². The van der Waals surface area contributed by atoms with Crippen molar-refractivity contribution in [2.75, 3.05) is 82.9 Å². The number of nitrogens with one attached hydrogen (secondary N) is 4. The van der Waals surface area contributed by atoms with Gasteiger partial charge in [0.2, 0.25) is 17.7 Å². The van der Waals surface area contributed by atoms with Crippen LogP contribution in [0.3, 0.4) is 0 Å². The van der Waals surface area contributed by atoms with E-state index in [1.54, 1.807) is 17.5 Å². The number of aromatic nitrogens is 3. The highest BCUT2D eigenvalue weighted by Gasteiger charge is 2.44. The average molecular weight is 1070 g/mol. The van der Waals surface area contributed by atoms with E-state index in [2.05, 4.69) is 46.0 Å². The van der Waals surface area contributed by atoms with E-state index in [-0.39, 0.29) is 50.6 Å². The number of rotatable bonds is 20. The number of hydrogen-bond acceptors (Lipinski definition) is 16. The molecule has 2 aromatic carbocycles. The maximum Gasteiger partial charge on any atom is 0.411 e. The first-order chi connectivity index (χ1) is 36.1. The molecule has 0 bridgehead atoms. The van der Waals surface area contributed by atoms with Gasteiger partial charge in [-0.05, 0) is 79.8 Å². The molecule has 75 heavy (non-hydrogen) atoms. The minimum atomic E-state index is -0.953. The average Bonchev–Trinajstić information content (AvgIpc) is 4.13. The first kappa shape index (κ1) is 55.3. The van der Waals surface area contributed by atoms with Crippen LogP contribution >= 0.6 is 22.7 Å². The Kier molecular flexibility index (Phi) is 19.0. The highest BCUT2D eigenvalue weighted by Crippen LogP contribution is 2.33. The first-order valence-corrected chi connectivity index (χ1v) is 27.6. The molecular formula is C54H70N10O9S2. The van der Waals surface area contributed by atoms with Crippen LogP contribution in [-0.2, 0) is 39.9 Å². The first-order valence-electron chi connectivity index (χ1n) is 25.9. The van der Waals surface area contributed by atoms with E-state index < -0.39 is 41.5 Å². The fourth-order valence-electron chi connectivity index (χ4n) is 9.54. The zero-order chi connectivity index (χ0) is 53.1. The van der Waals surface area contributed by atoms with Crippen molar-refractivity contribution < 1.29 is 43.3 Å². The second-order valence-corrected chi connectivity index (χ2v) is 22.5. The monoisotopic (exact) mass is 1070 g/mol. The fraction of sp³-hybridized carbons (Fsp3) is 0.519. The Balaban J connectivity index is 0.700. The molecular weight excluding hydrogens is 997 g/mol. The Labute approximate surface area is 446 Å². The highest BCUT2D eigenvalue weighted by atomic mass is 32.1. The van der Waals surface area contributed by atoms with Crippen LogP contribution in [0.2, 0.25) is 0 Å². The summed E-state index contributed by atoms with van der Waals surface area (Å²) >= 11 is 2.94. The lowest BCUT2D eigenvalue weighted by Gasteiger charge is -2.35. The molecule has 21 heteroatoms. The lowest BCUT2D eigenvalue weighted by molar-refractivity contribution is -0.144. The number of carbonyl (C=O) groups is 5. The minimum Gasteiger partial charge on any atom is -0.446 e. The predicted octanol–water partition coefficient (Wildman–Crippen LogP) is 6.38. The zero-order valence-corrected chi connectivity index (χ0v) is 45.2. The van der Waals surface area contributed by atoms with E-state index in [1.807, 2.05) is 88.7 Å². The zero-order valence-electron chi connectivity index (χ0n) is 43.5. The second-order valence-electron chi connectivity index (χ2n) is 20.6. The van der Waals surface area contributed by atoms with Gasteiger partial charge in [-0.3, -0.25) is 44.6 Å². The molecule has 5 amide bonds. The summed E-state index contributed by atoms with van der Waals surface area (Å²) < 4.78 is 18.1. The molecule has 0 radical (unpaired) electrons. The Morgan fingerprint density at radius 1 is 0.813 bits per heavy atom. The summed E-state index contributed by atoms with van der Waals surface area (Å²) in [7, 11) is 0. The van der Waals surface area contributed by atoms with Gasteiger partial charge in [0.15, 0.2) is 5.13 Å². The molecule has 3 aromatic heterocycles. The SMILES string of the molecule is Cc1ncc(-c2ccc3nc(NC(=O)COCCN4CCN(CCOCC(=O)N[C@H](C(=O)N5C[C@H](O)C[C@H]5C(=O)NCc5ccc(-c6scnc6C)cc5)C(C)(C)C)CC4)sc3c2)cc1NC(=O)OC1CCCCC1. The van der Waals surface area contributed by atoms with Crippen LogP contribution in [-0.4, -0.2) is 161 Å². The lowest BCUT2D eigenvalue weighted by Crippen LogP contribution is -2.58. The summed E-state index contributed by atoms with van der Waals surface area (Å²) in [4.78, 5) is 86.6. The number of ether oxygens (including phenoxy) is 3. The number of aliphatic hydroxyl groups excluding tert-OH is 1. The summed E-state index contributed by atoms with van der Waals surface area (Å²) in [6.45, 7) is 14.5. The number of aliphatic hydroxyl groups is 1. The second kappa shape index (κ2) is 25.7. The van der Waals surface area contributed by atoms with Gasteiger partial charge in [-0.15, -0.1) is 11.3 Å². The Morgan fingerprint density at radius 3 is 2.16 bits per heavy atom. The fourth-order valence-corrected chi connectivity index (χ4v) is 11.3. The summed E-state index contributed by atoms with van der Waals surface area (Å²) in [6.07, 6.45) is 5.60. The van der Waals surface area contributed by atoms with E-state index in [4.69, 9.17) is 14.2 Å². The van der Waals surface area contributed by atoms with Crippen molar-refractivity contribution in [3.8, 4) is 21.6 Å². The number of likely N-dealkylation sites (tertiary alicyclic amines) is 1. The third kappa shape index (κ3) is 15.4. The summed E-state index contributed by atoms with van der Waals surface area (Å²) in [6, 6.07) is 13.8. The molecule has 19 nitrogen and oxygen atoms in total. The Morgan fingerprint density at radius 2 is 1.49 bits per heavy atom. The third-order valence-electron chi connectivity index (χ3n) is 13.9. The maximum atomic E-state index is 14.0. The minimum absolute atomic E-state index is 0.0110. The molecule has 3 atom stereocenters. The number of hydrogen-bond donors (Lipinski definition) is 5. The largest absolute Gasteiger partial charge is 0.446 e. The van der Waals surface area contributed by atoms with Crippen molar-refractivity contribution in [3.63, 3.8) is 0 Å². The number of carbonyl (C=O) groups excluding carboxylic acids is 5. The quantitative estimate of drug-likeness (QED) is 0.0533. The topological polar surface area (TPSA) is 230 Å². The lowest BCUT2D eigenvalue weighted by atomic mass is 9.85. The Hall–Kier alpha value is -5.94. The third-order valence-corrected chi connectivity index (χ3v) is 15.8. The molecule has 1 saturated carbocycles. The number of thiazole rings is 2. The van der Waals surface area contributed by atoms with E-state index in [1.165, 1.54) is 22.7 Å². The molecule has 8 rings (SSSR count). The summed E-state index contributed by atoms with van der Waals surface area (Å²) in [5.41, 5.74) is 7.79. The van der Waals surface area contributed by atoms with E-state index in [0.717, 1.165) is 94.9 Å². The van der Waals surface area contributed by atoms with E-state index in [0.29, 0.717) is 42.8 Å². The number of amides is 5.